The number of nitrogens with zero attached hydrogens (tertiary/aromatic N) is 1. The lowest BCUT2D eigenvalue weighted by atomic mass is 10.0. The predicted molar refractivity (Wildman–Crippen MR) is 108 cm³/mol. The first kappa shape index (κ1) is 21.8. The van der Waals surface area contributed by atoms with E-state index in [4.69, 9.17) is 9.47 Å². The summed E-state index contributed by atoms with van der Waals surface area (Å²) in [6.07, 6.45) is -0.0432. The number of nitro groups is 1. The first-order valence-electron chi connectivity index (χ1n) is 7.91. The molecular formula is C18H16Br2N2O6. The number of esters is 1. The highest BCUT2D eigenvalue weighted by molar-refractivity contribution is 9.11. The van der Waals surface area contributed by atoms with E-state index in [9.17, 15) is 19.7 Å². The molecule has 1 amide bonds. The quantitative estimate of drug-likeness (QED) is 0.342. The molecule has 0 fully saturated rings. The number of amides is 1. The molecule has 0 aliphatic rings. The van der Waals surface area contributed by atoms with E-state index in [1.807, 2.05) is 0 Å². The number of halogens is 2. The Bertz CT molecular complexity index is 899. The van der Waals surface area contributed by atoms with E-state index in [1.54, 1.807) is 18.2 Å². The monoisotopic (exact) mass is 514 g/mol. The molecule has 0 bridgehead atoms. The van der Waals surface area contributed by atoms with E-state index in [0.29, 0.717) is 25.8 Å². The Morgan fingerprint density at radius 2 is 1.79 bits per heavy atom. The van der Waals surface area contributed by atoms with Crippen molar-refractivity contribution in [2.75, 3.05) is 14.2 Å². The van der Waals surface area contributed by atoms with Gasteiger partial charge in [0.05, 0.1) is 19.1 Å². The van der Waals surface area contributed by atoms with Crippen molar-refractivity contribution >= 4 is 49.4 Å². The summed E-state index contributed by atoms with van der Waals surface area (Å²) in [4.78, 5) is 35.3. The number of methoxy groups -OCH3 is 2. The first-order chi connectivity index (χ1) is 13.2. The molecule has 28 heavy (non-hydrogen) atoms. The maximum Gasteiger partial charge on any atom is 0.328 e. The van der Waals surface area contributed by atoms with E-state index >= 15 is 0 Å². The van der Waals surface area contributed by atoms with Crippen LogP contribution in [0.25, 0.3) is 0 Å². The van der Waals surface area contributed by atoms with Gasteiger partial charge in [0, 0.05) is 38.6 Å². The molecule has 2 aromatic carbocycles. The zero-order valence-electron chi connectivity index (χ0n) is 14.9. The van der Waals surface area contributed by atoms with Crippen molar-refractivity contribution in [3.8, 4) is 5.75 Å². The Morgan fingerprint density at radius 1 is 1.14 bits per heavy atom. The number of non-ortho nitro benzene ring substituents is 1. The van der Waals surface area contributed by atoms with E-state index in [0.717, 1.165) is 0 Å². The minimum Gasteiger partial charge on any atom is -0.496 e. The van der Waals surface area contributed by atoms with E-state index in [2.05, 4.69) is 37.2 Å². The van der Waals surface area contributed by atoms with Gasteiger partial charge in [-0.15, -0.1) is 0 Å². The molecule has 10 heteroatoms. The fourth-order valence-corrected chi connectivity index (χ4v) is 3.81. The van der Waals surface area contributed by atoms with Gasteiger partial charge in [-0.2, -0.15) is 0 Å². The summed E-state index contributed by atoms with van der Waals surface area (Å²) in [5.74, 6) is -0.822. The number of nitro benzene ring substituents is 1. The molecule has 0 aliphatic carbocycles. The van der Waals surface area contributed by atoms with Crippen molar-refractivity contribution in [2.45, 2.75) is 12.5 Å². The summed E-state index contributed by atoms with van der Waals surface area (Å²) in [6.45, 7) is 0. The topological polar surface area (TPSA) is 108 Å². The molecule has 0 heterocycles. The molecule has 1 atom stereocenters. The largest absolute Gasteiger partial charge is 0.496 e. The average molecular weight is 516 g/mol. The summed E-state index contributed by atoms with van der Waals surface area (Å²) in [7, 11) is 2.61. The molecule has 0 saturated carbocycles. The first-order valence-corrected chi connectivity index (χ1v) is 9.49. The third-order valence-corrected chi connectivity index (χ3v) is 4.73. The molecule has 0 spiro atoms. The maximum atomic E-state index is 12.6. The zero-order valence-corrected chi connectivity index (χ0v) is 18.1. The molecule has 1 N–H and O–H groups in total. The minimum atomic E-state index is -1.06. The molecule has 0 aliphatic heterocycles. The molecule has 0 radical (unpaired) electrons. The summed E-state index contributed by atoms with van der Waals surface area (Å²) in [5.41, 5.74) is 0.561. The van der Waals surface area contributed by atoms with Crippen LogP contribution in [-0.2, 0) is 16.0 Å². The van der Waals surface area contributed by atoms with Crippen LogP contribution in [-0.4, -0.2) is 37.1 Å². The smallest absolute Gasteiger partial charge is 0.328 e. The van der Waals surface area contributed by atoms with Gasteiger partial charge in [0.25, 0.3) is 11.6 Å². The zero-order chi connectivity index (χ0) is 20.8. The predicted octanol–water partition coefficient (Wildman–Crippen LogP) is 3.64. The Balaban J connectivity index is 2.32. The van der Waals surface area contributed by atoms with Crippen LogP contribution in [0, 0.1) is 10.1 Å². The summed E-state index contributed by atoms with van der Waals surface area (Å²) in [6, 6.07) is 7.94. The van der Waals surface area contributed by atoms with Crippen LogP contribution in [0.15, 0.2) is 45.3 Å². The molecule has 8 nitrogen and oxygen atoms in total. The van der Waals surface area contributed by atoms with Gasteiger partial charge in [-0.1, -0.05) is 31.9 Å². The minimum absolute atomic E-state index is 0.0432. The van der Waals surface area contributed by atoms with Crippen LogP contribution < -0.4 is 10.1 Å². The summed E-state index contributed by atoms with van der Waals surface area (Å²) in [5, 5.41) is 13.7. The average Bonchev–Trinajstić information content (AvgIpc) is 2.65. The number of benzene rings is 2. The molecule has 2 aromatic rings. The molecule has 0 saturated heterocycles. The van der Waals surface area contributed by atoms with Gasteiger partial charge in [0.1, 0.15) is 11.8 Å². The highest BCUT2D eigenvalue weighted by Gasteiger charge is 2.25. The number of carbonyl (C=O) groups excluding carboxylic acids is 2. The van der Waals surface area contributed by atoms with Gasteiger partial charge in [-0.05, 0) is 24.3 Å². The lowest BCUT2D eigenvalue weighted by Gasteiger charge is -2.18. The van der Waals surface area contributed by atoms with Crippen molar-refractivity contribution in [1.82, 2.24) is 5.32 Å². The SMILES string of the molecule is COC(=O)[C@H](Cc1cc([N+](=O)[O-])ccc1OC)NC(=O)c1cc(Br)cc(Br)c1. The van der Waals surface area contributed by atoms with Crippen LogP contribution in [0.2, 0.25) is 0 Å². The van der Waals surface area contributed by atoms with Gasteiger partial charge >= 0.3 is 5.97 Å². The molecule has 148 valence electrons. The number of ether oxygens (including phenoxy) is 2. The number of rotatable bonds is 7. The van der Waals surface area contributed by atoms with E-state index < -0.39 is 22.8 Å². The Labute approximate surface area is 177 Å². The second kappa shape index (κ2) is 9.65. The van der Waals surface area contributed by atoms with Gasteiger partial charge in [0.15, 0.2) is 0 Å². The van der Waals surface area contributed by atoms with Crippen LogP contribution >= 0.6 is 31.9 Å². The van der Waals surface area contributed by atoms with E-state index in [-0.39, 0.29) is 12.1 Å². The lowest BCUT2D eigenvalue weighted by Crippen LogP contribution is -2.43. The van der Waals surface area contributed by atoms with Crippen molar-refractivity contribution in [1.29, 1.82) is 0 Å². The van der Waals surface area contributed by atoms with Crippen LogP contribution in [0.4, 0.5) is 5.69 Å². The van der Waals surface area contributed by atoms with Crippen LogP contribution in [0.1, 0.15) is 15.9 Å². The fourth-order valence-electron chi connectivity index (χ4n) is 2.52. The number of hydrogen-bond acceptors (Lipinski definition) is 6. The van der Waals surface area contributed by atoms with E-state index in [1.165, 1.54) is 32.4 Å². The van der Waals surface area contributed by atoms with Crippen molar-refractivity contribution in [3.63, 3.8) is 0 Å². The molecular weight excluding hydrogens is 500 g/mol. The Morgan fingerprint density at radius 3 is 2.32 bits per heavy atom. The summed E-state index contributed by atoms with van der Waals surface area (Å²) < 4.78 is 11.4. The Hall–Kier alpha value is -2.46. The van der Waals surface area contributed by atoms with Gasteiger partial charge < -0.3 is 14.8 Å². The number of nitrogens with one attached hydrogen (secondary N) is 1. The van der Waals surface area contributed by atoms with Crippen molar-refractivity contribution < 1.29 is 24.0 Å². The highest BCUT2D eigenvalue weighted by Crippen LogP contribution is 2.26. The lowest BCUT2D eigenvalue weighted by molar-refractivity contribution is -0.384. The molecule has 0 aromatic heterocycles. The van der Waals surface area contributed by atoms with Crippen LogP contribution in [0.3, 0.4) is 0 Å². The number of carbonyl (C=O) groups is 2. The van der Waals surface area contributed by atoms with Gasteiger partial charge in [-0.3, -0.25) is 14.9 Å². The highest BCUT2D eigenvalue weighted by atomic mass is 79.9. The maximum absolute atomic E-state index is 12.6. The number of hydrogen-bond donors (Lipinski definition) is 1. The molecule has 2 rings (SSSR count). The second-order valence-electron chi connectivity index (χ2n) is 5.66. The third-order valence-electron chi connectivity index (χ3n) is 3.81. The van der Waals surface area contributed by atoms with Gasteiger partial charge in [-0.25, -0.2) is 4.79 Å². The second-order valence-corrected chi connectivity index (χ2v) is 7.50. The van der Waals surface area contributed by atoms with Crippen molar-refractivity contribution in [2.24, 2.45) is 0 Å². The third kappa shape index (κ3) is 5.52. The molecule has 0 unspecified atom stereocenters. The standard InChI is InChI=1S/C18H16Br2N2O6/c1-27-16-4-3-14(22(25)26)7-10(16)8-15(18(24)28-2)21-17(23)11-5-12(19)9-13(20)6-11/h3-7,9,15H,8H2,1-2H3,(H,21,23)/t15-/m0/s1. The summed E-state index contributed by atoms with van der Waals surface area (Å²) >= 11 is 6.60. The Kier molecular flexibility index (Phi) is 7.53. The normalized spacial score (nSPS) is 11.4. The fraction of sp³-hybridized carbons (Fsp3) is 0.222. The van der Waals surface area contributed by atoms with Gasteiger partial charge in [0.2, 0.25) is 0 Å². The van der Waals surface area contributed by atoms with Crippen molar-refractivity contribution in [3.05, 3.63) is 66.6 Å². The van der Waals surface area contributed by atoms with Crippen LogP contribution in [0.5, 0.6) is 5.75 Å².